The van der Waals surface area contributed by atoms with Crippen LogP contribution in [-0.4, -0.2) is 71.1 Å². The Morgan fingerprint density at radius 1 is 1.36 bits per heavy atom. The number of amides is 1. The third kappa shape index (κ3) is 2.70. The zero-order chi connectivity index (χ0) is 19.5. The van der Waals surface area contributed by atoms with Gasteiger partial charge in [0.05, 0.1) is 18.2 Å². The Kier molecular flexibility index (Phi) is 4.10. The molecule has 4 heterocycles. The first-order valence-corrected chi connectivity index (χ1v) is 10.2. The molecule has 3 aliphatic heterocycles. The number of aromatic amines is 1. The first-order valence-electron chi connectivity index (χ1n) is 10.2. The van der Waals surface area contributed by atoms with Crippen LogP contribution in [0.1, 0.15) is 29.0 Å². The molecule has 4 atom stereocenters. The maximum Gasteiger partial charge on any atom is 0.274 e. The van der Waals surface area contributed by atoms with Gasteiger partial charge in [0.25, 0.3) is 5.91 Å². The quantitative estimate of drug-likeness (QED) is 0.886. The third-order valence-corrected chi connectivity index (χ3v) is 6.78. The topological polar surface area (TPSA) is 61.5 Å². The molecule has 1 aromatic heterocycles. The zero-order valence-corrected chi connectivity index (χ0v) is 16.8. The van der Waals surface area contributed by atoms with Gasteiger partial charge in [-0.2, -0.15) is 0 Å². The van der Waals surface area contributed by atoms with E-state index < -0.39 is 0 Å². The van der Waals surface area contributed by atoms with Crippen molar-refractivity contribution < 1.29 is 9.53 Å². The molecule has 3 saturated heterocycles. The molecular formula is C22H28N4O2. The van der Waals surface area contributed by atoms with Crippen LogP contribution in [0.3, 0.4) is 0 Å². The fraction of sp³-hybridized carbons (Fsp3) is 0.545. The molecule has 5 rings (SSSR count). The Bertz CT molecular complexity index is 893. The molecule has 28 heavy (non-hydrogen) atoms. The maximum absolute atomic E-state index is 13.3. The number of hydrogen-bond acceptors (Lipinski definition) is 4. The standard InChI is InChI=1S/C22H28N4O2/c1-14-19(24-20(23-14)15-7-5-4-6-8-15)21(27)26-12-17-16(11-25(2)3)18-9-10-22(17,13-26)28-18/h4-8,16-18H,9-13H2,1-3H3,(H,23,24)/t16-,17+,18+,22+/m0/s1. The van der Waals surface area contributed by atoms with E-state index in [1.165, 1.54) is 0 Å². The van der Waals surface area contributed by atoms with E-state index >= 15 is 0 Å². The fourth-order valence-corrected chi connectivity index (χ4v) is 5.56. The third-order valence-electron chi connectivity index (χ3n) is 6.78. The van der Waals surface area contributed by atoms with E-state index in [0.29, 0.717) is 30.2 Å². The Morgan fingerprint density at radius 2 is 2.14 bits per heavy atom. The van der Waals surface area contributed by atoms with Crippen molar-refractivity contribution in [1.29, 1.82) is 0 Å². The van der Waals surface area contributed by atoms with Crippen LogP contribution in [0.2, 0.25) is 0 Å². The minimum absolute atomic E-state index is 0.0235. The van der Waals surface area contributed by atoms with Gasteiger partial charge in [-0.3, -0.25) is 4.79 Å². The largest absolute Gasteiger partial charge is 0.369 e. The number of likely N-dealkylation sites (tertiary alicyclic amines) is 1. The summed E-state index contributed by atoms with van der Waals surface area (Å²) in [5, 5.41) is 0. The van der Waals surface area contributed by atoms with Crippen LogP contribution in [0, 0.1) is 18.8 Å². The number of nitrogens with zero attached hydrogens (tertiary/aromatic N) is 3. The predicted octanol–water partition coefficient (Wildman–Crippen LogP) is 2.57. The average Bonchev–Trinajstić information content (AvgIpc) is 3.42. The number of rotatable bonds is 4. The van der Waals surface area contributed by atoms with Crippen molar-refractivity contribution in [3.8, 4) is 11.4 Å². The molecule has 2 aromatic rings. The second-order valence-electron chi connectivity index (χ2n) is 8.90. The summed E-state index contributed by atoms with van der Waals surface area (Å²) in [7, 11) is 4.24. The number of fused-ring (bicyclic) bond motifs is 1. The van der Waals surface area contributed by atoms with Crippen LogP contribution >= 0.6 is 0 Å². The minimum atomic E-state index is -0.131. The second kappa shape index (κ2) is 6.42. The molecule has 3 fully saturated rings. The molecule has 3 aliphatic rings. The van der Waals surface area contributed by atoms with Crippen molar-refractivity contribution in [2.24, 2.45) is 11.8 Å². The van der Waals surface area contributed by atoms with Gasteiger partial charge in [0.2, 0.25) is 0 Å². The number of benzene rings is 1. The van der Waals surface area contributed by atoms with Crippen molar-refractivity contribution >= 4 is 5.91 Å². The number of imidazole rings is 1. The number of carbonyl (C=O) groups excluding carboxylic acids is 1. The van der Waals surface area contributed by atoms with E-state index in [1.54, 1.807) is 0 Å². The lowest BCUT2D eigenvalue weighted by molar-refractivity contribution is 0.00250. The summed E-state index contributed by atoms with van der Waals surface area (Å²) >= 11 is 0. The van der Waals surface area contributed by atoms with Crippen LogP contribution < -0.4 is 0 Å². The van der Waals surface area contributed by atoms with Crippen molar-refractivity contribution in [1.82, 2.24) is 19.8 Å². The number of carbonyl (C=O) groups is 1. The summed E-state index contributed by atoms with van der Waals surface area (Å²) in [4.78, 5) is 25.5. The summed E-state index contributed by atoms with van der Waals surface area (Å²) in [6.45, 7) is 4.43. The number of hydrogen-bond donors (Lipinski definition) is 1. The van der Waals surface area contributed by atoms with Gasteiger partial charge in [-0.05, 0) is 33.9 Å². The van der Waals surface area contributed by atoms with Gasteiger partial charge in [-0.25, -0.2) is 4.98 Å². The van der Waals surface area contributed by atoms with E-state index in [-0.39, 0.29) is 11.5 Å². The van der Waals surface area contributed by atoms with E-state index in [2.05, 4.69) is 29.0 Å². The monoisotopic (exact) mass is 380 g/mol. The van der Waals surface area contributed by atoms with E-state index in [4.69, 9.17) is 4.74 Å². The zero-order valence-electron chi connectivity index (χ0n) is 16.8. The normalized spacial score (nSPS) is 31.0. The lowest BCUT2D eigenvalue weighted by Crippen LogP contribution is -2.40. The molecule has 1 N–H and O–H groups in total. The smallest absolute Gasteiger partial charge is 0.274 e. The van der Waals surface area contributed by atoms with Gasteiger partial charge in [0.1, 0.15) is 11.5 Å². The first-order chi connectivity index (χ1) is 13.5. The van der Waals surface area contributed by atoms with Crippen LogP contribution in [-0.2, 0) is 4.74 Å². The summed E-state index contributed by atoms with van der Waals surface area (Å²) < 4.78 is 6.47. The highest BCUT2D eigenvalue weighted by Gasteiger charge is 2.63. The first kappa shape index (κ1) is 17.9. The number of aryl methyl sites for hydroxylation is 1. The number of nitrogens with one attached hydrogen (secondary N) is 1. The van der Waals surface area contributed by atoms with Crippen LogP contribution in [0.15, 0.2) is 30.3 Å². The highest BCUT2D eigenvalue weighted by molar-refractivity contribution is 5.94. The molecule has 0 saturated carbocycles. The molecule has 0 radical (unpaired) electrons. The van der Waals surface area contributed by atoms with Crippen LogP contribution in [0.25, 0.3) is 11.4 Å². The van der Waals surface area contributed by atoms with Crippen molar-refractivity contribution in [2.45, 2.75) is 31.5 Å². The molecule has 6 heteroatoms. The second-order valence-corrected chi connectivity index (χ2v) is 8.90. The predicted molar refractivity (Wildman–Crippen MR) is 107 cm³/mol. The van der Waals surface area contributed by atoms with Gasteiger partial charge in [0.15, 0.2) is 0 Å². The van der Waals surface area contributed by atoms with Crippen LogP contribution in [0.5, 0.6) is 0 Å². The van der Waals surface area contributed by atoms with Gasteiger partial charge >= 0.3 is 0 Å². The van der Waals surface area contributed by atoms with E-state index in [9.17, 15) is 4.79 Å². The lowest BCUT2D eigenvalue weighted by atomic mass is 9.73. The Hall–Kier alpha value is -2.18. The molecular weight excluding hydrogens is 352 g/mol. The van der Waals surface area contributed by atoms with Gasteiger partial charge < -0.3 is 19.5 Å². The summed E-state index contributed by atoms with van der Waals surface area (Å²) in [6.07, 6.45) is 2.56. The molecule has 0 unspecified atom stereocenters. The fourth-order valence-electron chi connectivity index (χ4n) is 5.56. The average molecular weight is 380 g/mol. The highest BCUT2D eigenvalue weighted by atomic mass is 16.5. The Morgan fingerprint density at radius 3 is 2.89 bits per heavy atom. The van der Waals surface area contributed by atoms with Gasteiger partial charge in [-0.1, -0.05) is 30.3 Å². The molecule has 1 aromatic carbocycles. The van der Waals surface area contributed by atoms with Crippen LogP contribution in [0.4, 0.5) is 0 Å². The number of aromatic nitrogens is 2. The van der Waals surface area contributed by atoms with E-state index in [1.807, 2.05) is 42.2 Å². The number of ether oxygens (including phenoxy) is 1. The highest BCUT2D eigenvalue weighted by Crippen LogP contribution is 2.55. The van der Waals surface area contributed by atoms with Crippen molar-refractivity contribution in [3.63, 3.8) is 0 Å². The molecule has 1 amide bonds. The maximum atomic E-state index is 13.3. The minimum Gasteiger partial charge on any atom is -0.369 e. The van der Waals surface area contributed by atoms with Crippen molar-refractivity contribution in [3.05, 3.63) is 41.7 Å². The lowest BCUT2D eigenvalue weighted by Gasteiger charge is -2.30. The molecule has 6 nitrogen and oxygen atoms in total. The number of H-pyrrole nitrogens is 1. The van der Waals surface area contributed by atoms with Crippen molar-refractivity contribution in [2.75, 3.05) is 33.7 Å². The molecule has 1 spiro atoms. The Balaban J connectivity index is 1.38. The van der Waals surface area contributed by atoms with E-state index in [0.717, 1.165) is 43.0 Å². The van der Waals surface area contributed by atoms with Gasteiger partial charge in [-0.15, -0.1) is 0 Å². The van der Waals surface area contributed by atoms with Gasteiger partial charge in [0, 0.05) is 36.2 Å². The summed E-state index contributed by atoms with van der Waals surface area (Å²) in [5.74, 6) is 1.73. The SMILES string of the molecule is Cc1[nH]c(-c2ccccc2)nc1C(=O)N1C[C@@H]2[C@H](CN(C)C)[C@H]3CC[C@]2(C1)O3. The summed E-state index contributed by atoms with van der Waals surface area (Å²) in [5.41, 5.74) is 2.23. The Labute approximate surface area is 165 Å². The summed E-state index contributed by atoms with van der Waals surface area (Å²) in [6, 6.07) is 9.95. The molecule has 0 aliphatic carbocycles. The molecule has 148 valence electrons. The molecule has 2 bridgehead atoms.